The molecule has 8 heteroatoms. The Labute approximate surface area is 211 Å². The van der Waals surface area contributed by atoms with Crippen LogP contribution >= 0.6 is 11.6 Å². The van der Waals surface area contributed by atoms with Gasteiger partial charge in [0.05, 0.1) is 6.54 Å². The molecule has 0 atom stereocenters. The first-order chi connectivity index (χ1) is 17.0. The number of hydrogen-bond donors (Lipinski definition) is 4. The third-order valence-corrected chi connectivity index (χ3v) is 7.76. The highest BCUT2D eigenvalue weighted by molar-refractivity contribution is 6.29. The summed E-state index contributed by atoms with van der Waals surface area (Å²) in [5.41, 5.74) is 2.92. The minimum Gasteiger partial charge on any atom is -0.367 e. The number of nitrogens with zero attached hydrogens (tertiary/aromatic N) is 2. The number of carbonyl (C=O) groups excluding carboxylic acids is 1. The number of hydrogen-bond acceptors (Lipinski definition) is 5. The van der Waals surface area contributed by atoms with Gasteiger partial charge in [-0.25, -0.2) is 9.97 Å². The van der Waals surface area contributed by atoms with Crippen molar-refractivity contribution in [3.05, 3.63) is 41.8 Å². The largest absolute Gasteiger partial charge is 0.367 e. The first-order valence-corrected chi connectivity index (χ1v) is 13.3. The summed E-state index contributed by atoms with van der Waals surface area (Å²) in [5, 5.41) is 11.8. The highest BCUT2D eigenvalue weighted by atomic mass is 35.5. The summed E-state index contributed by atoms with van der Waals surface area (Å²) in [7, 11) is 0. The van der Waals surface area contributed by atoms with E-state index in [9.17, 15) is 4.79 Å². The van der Waals surface area contributed by atoms with E-state index in [2.05, 4.69) is 43.9 Å². The molecular weight excluding hydrogens is 460 g/mol. The molecule has 0 aromatic carbocycles. The van der Waals surface area contributed by atoms with Crippen molar-refractivity contribution in [2.75, 3.05) is 11.9 Å². The molecule has 35 heavy (non-hydrogen) atoms. The van der Waals surface area contributed by atoms with Crippen LogP contribution in [0.1, 0.15) is 58.3 Å². The number of carbonyl (C=O) groups is 1. The number of H-pyrrole nitrogens is 1. The quantitative estimate of drug-likeness (QED) is 0.335. The lowest BCUT2D eigenvalue weighted by Crippen LogP contribution is -2.45. The molecule has 0 bridgehead atoms. The maximum absolute atomic E-state index is 12.5. The molecule has 1 amide bonds. The lowest BCUT2D eigenvalue weighted by molar-refractivity contribution is -0.121. The molecule has 4 N–H and O–H groups in total. The summed E-state index contributed by atoms with van der Waals surface area (Å²) in [6.07, 6.45) is 12.5. The Hall–Kier alpha value is -2.64. The van der Waals surface area contributed by atoms with Crippen molar-refractivity contribution in [1.29, 1.82) is 0 Å². The summed E-state index contributed by atoms with van der Waals surface area (Å²) in [5.74, 6) is 1.73. The molecule has 0 unspecified atom stereocenters. The molecule has 5 rings (SSSR count). The van der Waals surface area contributed by atoms with Crippen LogP contribution in [0.4, 0.5) is 5.82 Å². The Bertz CT molecular complexity index is 1150. The second-order valence-corrected chi connectivity index (χ2v) is 10.7. The van der Waals surface area contributed by atoms with Gasteiger partial charge in [0.2, 0.25) is 5.91 Å². The molecule has 7 nitrogen and oxygen atoms in total. The molecule has 0 spiro atoms. The number of aromatic amines is 1. The van der Waals surface area contributed by atoms with Crippen LogP contribution in [0.25, 0.3) is 22.2 Å². The van der Waals surface area contributed by atoms with E-state index >= 15 is 0 Å². The van der Waals surface area contributed by atoms with E-state index in [0.717, 1.165) is 59.6 Å². The normalized spacial score (nSPS) is 24.9. The lowest BCUT2D eigenvalue weighted by Gasteiger charge is -2.31. The molecule has 0 saturated heterocycles. The van der Waals surface area contributed by atoms with E-state index in [0.29, 0.717) is 23.8 Å². The monoisotopic (exact) mass is 494 g/mol. The number of pyridine rings is 2. The van der Waals surface area contributed by atoms with E-state index in [-0.39, 0.29) is 11.9 Å². The molecule has 3 heterocycles. The van der Waals surface area contributed by atoms with Crippen LogP contribution in [0.3, 0.4) is 0 Å². The van der Waals surface area contributed by atoms with Crippen molar-refractivity contribution in [1.82, 2.24) is 25.6 Å². The number of nitrogens with one attached hydrogen (secondary N) is 4. The number of amides is 1. The first kappa shape index (κ1) is 24.1. The molecule has 2 fully saturated rings. The van der Waals surface area contributed by atoms with Gasteiger partial charge in [-0.1, -0.05) is 18.5 Å². The van der Waals surface area contributed by atoms with Crippen LogP contribution in [-0.4, -0.2) is 45.5 Å². The van der Waals surface area contributed by atoms with Gasteiger partial charge in [0.1, 0.15) is 16.6 Å². The predicted molar refractivity (Wildman–Crippen MR) is 142 cm³/mol. The number of fused-ring (bicyclic) bond motifs is 1. The average molecular weight is 495 g/mol. The number of halogens is 1. The van der Waals surface area contributed by atoms with Crippen molar-refractivity contribution < 1.29 is 4.79 Å². The van der Waals surface area contributed by atoms with Crippen LogP contribution in [0.5, 0.6) is 0 Å². The van der Waals surface area contributed by atoms with Crippen LogP contribution < -0.4 is 16.0 Å². The van der Waals surface area contributed by atoms with E-state index in [1.54, 1.807) is 6.20 Å². The smallest absolute Gasteiger partial charge is 0.234 e. The third kappa shape index (κ3) is 6.14. The summed E-state index contributed by atoms with van der Waals surface area (Å²) < 4.78 is 0. The summed E-state index contributed by atoms with van der Waals surface area (Å²) in [6.45, 7) is 2.74. The Morgan fingerprint density at radius 2 is 1.80 bits per heavy atom. The van der Waals surface area contributed by atoms with Gasteiger partial charge in [-0.3, -0.25) is 4.79 Å². The van der Waals surface area contributed by atoms with Gasteiger partial charge < -0.3 is 20.9 Å². The molecule has 3 aromatic rings. The highest BCUT2D eigenvalue weighted by Gasteiger charge is 2.24. The molecule has 0 radical (unpaired) electrons. The Morgan fingerprint density at radius 3 is 2.60 bits per heavy atom. The third-order valence-electron chi connectivity index (χ3n) is 7.57. The van der Waals surface area contributed by atoms with Crippen molar-refractivity contribution in [3.63, 3.8) is 0 Å². The molecule has 186 valence electrons. The standard InChI is InChI=1S/C27H35ClN6O/c1-17-4-6-19(7-5-17)30-16-26(35)33-21-10-8-20(9-11-21)32-25-14-18(13-24(28)34-25)23-15-31-27-22(23)3-2-12-29-27/h2-3,12-15,17,19-21,30H,4-11,16H2,1H3,(H,29,31)(H,32,34)(H,33,35)/t17?,19?,20-,21-. The van der Waals surface area contributed by atoms with E-state index in [1.807, 2.05) is 24.4 Å². The van der Waals surface area contributed by atoms with Gasteiger partial charge in [0, 0.05) is 41.5 Å². The zero-order valence-electron chi connectivity index (χ0n) is 20.3. The second-order valence-electron chi connectivity index (χ2n) is 10.3. The van der Waals surface area contributed by atoms with Gasteiger partial charge in [0.25, 0.3) is 0 Å². The fourth-order valence-corrected chi connectivity index (χ4v) is 5.70. The Kier molecular flexibility index (Phi) is 7.54. The van der Waals surface area contributed by atoms with Gasteiger partial charge >= 0.3 is 0 Å². The van der Waals surface area contributed by atoms with Gasteiger partial charge in [-0.05, 0) is 87.1 Å². The molecule has 3 aromatic heterocycles. The first-order valence-electron chi connectivity index (χ1n) is 12.9. The maximum Gasteiger partial charge on any atom is 0.234 e. The molecule has 2 saturated carbocycles. The second kappa shape index (κ2) is 11.0. The zero-order chi connectivity index (χ0) is 24.2. The van der Waals surface area contributed by atoms with Crippen LogP contribution in [-0.2, 0) is 4.79 Å². The molecule has 0 aliphatic heterocycles. The number of rotatable bonds is 7. The fourth-order valence-electron chi connectivity index (χ4n) is 5.49. The summed E-state index contributed by atoms with van der Waals surface area (Å²) in [6, 6.07) is 8.97. The number of aromatic nitrogens is 3. The van der Waals surface area contributed by atoms with Gasteiger partial charge in [-0.2, -0.15) is 0 Å². The zero-order valence-corrected chi connectivity index (χ0v) is 21.1. The highest BCUT2D eigenvalue weighted by Crippen LogP contribution is 2.31. The molecule has 2 aliphatic carbocycles. The minimum absolute atomic E-state index is 0.120. The van der Waals surface area contributed by atoms with Crippen molar-refractivity contribution in [3.8, 4) is 11.1 Å². The van der Waals surface area contributed by atoms with Crippen LogP contribution in [0.15, 0.2) is 36.7 Å². The number of anilines is 1. The average Bonchev–Trinajstić information content (AvgIpc) is 3.29. The van der Waals surface area contributed by atoms with Crippen molar-refractivity contribution in [2.45, 2.75) is 76.4 Å². The van der Waals surface area contributed by atoms with Gasteiger partial charge in [-0.15, -0.1) is 0 Å². The maximum atomic E-state index is 12.5. The molecular formula is C27H35ClN6O. The molecule has 2 aliphatic rings. The fraction of sp³-hybridized carbons (Fsp3) is 0.519. The van der Waals surface area contributed by atoms with E-state index in [4.69, 9.17) is 11.6 Å². The van der Waals surface area contributed by atoms with Crippen molar-refractivity contribution >= 4 is 34.4 Å². The Balaban J connectivity index is 1.11. The van der Waals surface area contributed by atoms with Gasteiger partial charge in [0.15, 0.2) is 0 Å². The lowest BCUT2D eigenvalue weighted by atomic mass is 9.87. The van der Waals surface area contributed by atoms with E-state index < -0.39 is 0 Å². The predicted octanol–water partition coefficient (Wildman–Crippen LogP) is 5.29. The SMILES string of the molecule is CC1CCC(NCC(=O)N[C@H]2CC[C@H](Nc3cc(-c4c[nH]c5ncccc45)cc(Cl)n3)CC2)CC1. The Morgan fingerprint density at radius 1 is 1.06 bits per heavy atom. The van der Waals surface area contributed by atoms with Crippen LogP contribution in [0, 0.1) is 5.92 Å². The topological polar surface area (TPSA) is 94.7 Å². The van der Waals surface area contributed by atoms with Crippen LogP contribution in [0.2, 0.25) is 5.15 Å². The minimum atomic E-state index is 0.120. The summed E-state index contributed by atoms with van der Waals surface area (Å²) in [4.78, 5) is 24.6. The summed E-state index contributed by atoms with van der Waals surface area (Å²) >= 11 is 6.38. The van der Waals surface area contributed by atoms with E-state index in [1.165, 1.54) is 25.7 Å². The van der Waals surface area contributed by atoms with Crippen molar-refractivity contribution in [2.24, 2.45) is 5.92 Å².